The second-order valence-corrected chi connectivity index (χ2v) is 10.5. The summed E-state index contributed by atoms with van der Waals surface area (Å²) in [6.45, 7) is 2.25. The van der Waals surface area contributed by atoms with Gasteiger partial charge in [-0.3, -0.25) is 9.69 Å². The number of piperazine rings is 1. The van der Waals surface area contributed by atoms with E-state index in [-0.39, 0.29) is 44.7 Å². The third kappa shape index (κ3) is 3.67. The van der Waals surface area contributed by atoms with Crippen LogP contribution in [0.15, 0.2) is 17.0 Å². The minimum atomic E-state index is -4.37. The van der Waals surface area contributed by atoms with E-state index < -0.39 is 43.9 Å². The maximum atomic E-state index is 14.0. The first-order valence-corrected chi connectivity index (χ1v) is 12.0. The maximum absolute atomic E-state index is 14.0. The Bertz CT molecular complexity index is 1050. The number of carbonyl (C=O) groups excluding carboxylic acids is 2. The number of urea groups is 1. The second-order valence-electron chi connectivity index (χ2n) is 8.62. The zero-order valence-corrected chi connectivity index (χ0v) is 18.4. The maximum Gasteiger partial charge on any atom is 0.326 e. The van der Waals surface area contributed by atoms with Crippen LogP contribution in [0.4, 0.5) is 18.0 Å². The third-order valence-corrected chi connectivity index (χ3v) is 8.71. The standard InChI is InChI=1S/C20H25F3N4O4S/c1-13-4-2-3-7-20(13)18(28)27(19(29)24-20)12-25-8-10-26(11-9-25)32(30,31)15-6-5-14(21)16(22)17(15)23/h5-6,13H,2-4,7-12H2,1H3,(H,24,29)/t13-,20+/m1/s1. The van der Waals surface area contributed by atoms with Crippen LogP contribution in [0.3, 0.4) is 0 Å². The average molecular weight is 475 g/mol. The monoisotopic (exact) mass is 474 g/mol. The third-order valence-electron chi connectivity index (χ3n) is 6.79. The number of amides is 3. The van der Waals surface area contributed by atoms with E-state index in [9.17, 15) is 31.2 Å². The van der Waals surface area contributed by atoms with Gasteiger partial charge in [0.25, 0.3) is 5.91 Å². The van der Waals surface area contributed by atoms with Crippen LogP contribution in [0.2, 0.25) is 0 Å². The number of nitrogens with zero attached hydrogens (tertiary/aromatic N) is 3. The second kappa shape index (κ2) is 8.31. The van der Waals surface area contributed by atoms with Gasteiger partial charge in [0, 0.05) is 26.2 Å². The van der Waals surface area contributed by atoms with Crippen molar-refractivity contribution in [2.75, 3.05) is 32.8 Å². The molecule has 4 rings (SSSR count). The van der Waals surface area contributed by atoms with Gasteiger partial charge in [-0.2, -0.15) is 4.31 Å². The fourth-order valence-corrected chi connectivity index (χ4v) is 6.26. The highest BCUT2D eigenvalue weighted by Gasteiger charge is 2.55. The number of nitrogens with one attached hydrogen (secondary N) is 1. The quantitative estimate of drug-likeness (QED) is 0.532. The molecular formula is C20H25F3N4O4S. The summed E-state index contributed by atoms with van der Waals surface area (Å²) in [5.74, 6) is -5.28. The molecular weight excluding hydrogens is 449 g/mol. The molecule has 8 nitrogen and oxygen atoms in total. The van der Waals surface area contributed by atoms with E-state index in [0.717, 1.165) is 23.6 Å². The molecule has 1 aliphatic carbocycles. The van der Waals surface area contributed by atoms with Crippen LogP contribution < -0.4 is 5.32 Å². The molecule has 1 N–H and O–H groups in total. The van der Waals surface area contributed by atoms with Crippen LogP contribution >= 0.6 is 0 Å². The number of benzene rings is 1. The first-order chi connectivity index (χ1) is 15.1. The number of halogens is 3. The Morgan fingerprint density at radius 1 is 1.06 bits per heavy atom. The molecule has 0 unspecified atom stereocenters. The summed E-state index contributed by atoms with van der Waals surface area (Å²) in [6.07, 6.45) is 3.33. The van der Waals surface area contributed by atoms with Gasteiger partial charge in [0.2, 0.25) is 10.0 Å². The van der Waals surface area contributed by atoms with Gasteiger partial charge < -0.3 is 5.32 Å². The van der Waals surface area contributed by atoms with Gasteiger partial charge in [-0.05, 0) is 30.9 Å². The lowest BCUT2D eigenvalue weighted by Gasteiger charge is -2.38. The van der Waals surface area contributed by atoms with E-state index in [1.165, 1.54) is 4.90 Å². The van der Waals surface area contributed by atoms with Crippen LogP contribution in [0.25, 0.3) is 0 Å². The minimum Gasteiger partial charge on any atom is -0.323 e. The normalized spacial score (nSPS) is 27.9. The first kappa shape index (κ1) is 23.0. The summed E-state index contributed by atoms with van der Waals surface area (Å²) in [5, 5.41) is 2.88. The van der Waals surface area contributed by atoms with Gasteiger partial charge in [-0.15, -0.1) is 0 Å². The summed E-state index contributed by atoms with van der Waals surface area (Å²) < 4.78 is 67.1. The predicted octanol–water partition coefficient (Wildman–Crippen LogP) is 1.87. The smallest absolute Gasteiger partial charge is 0.323 e. The Morgan fingerprint density at radius 3 is 2.41 bits per heavy atom. The zero-order chi connectivity index (χ0) is 23.3. The highest BCUT2D eigenvalue weighted by molar-refractivity contribution is 7.89. The number of hydrogen-bond donors (Lipinski definition) is 1. The van der Waals surface area contributed by atoms with Gasteiger partial charge in [0.1, 0.15) is 10.4 Å². The van der Waals surface area contributed by atoms with Crippen LogP contribution in [0.5, 0.6) is 0 Å². The van der Waals surface area contributed by atoms with Crippen molar-refractivity contribution in [2.45, 2.75) is 43.0 Å². The number of rotatable bonds is 4. The summed E-state index contributed by atoms with van der Waals surface area (Å²) in [5.41, 5.74) is -0.870. The molecule has 2 aliphatic heterocycles. The molecule has 2 atom stereocenters. The Kier molecular flexibility index (Phi) is 5.97. The van der Waals surface area contributed by atoms with E-state index >= 15 is 0 Å². The number of imide groups is 1. The number of carbonyl (C=O) groups is 2. The largest absolute Gasteiger partial charge is 0.326 e. The highest BCUT2D eigenvalue weighted by Crippen LogP contribution is 2.38. The number of sulfonamides is 1. The lowest BCUT2D eigenvalue weighted by Crippen LogP contribution is -2.55. The van der Waals surface area contributed by atoms with Crippen LogP contribution in [-0.2, 0) is 14.8 Å². The van der Waals surface area contributed by atoms with Crippen molar-refractivity contribution in [3.63, 3.8) is 0 Å². The molecule has 3 fully saturated rings. The van der Waals surface area contributed by atoms with Crippen molar-refractivity contribution in [3.05, 3.63) is 29.6 Å². The van der Waals surface area contributed by atoms with Crippen molar-refractivity contribution in [1.82, 2.24) is 19.4 Å². The Hall–Kier alpha value is -2.18. The molecule has 0 radical (unpaired) electrons. The van der Waals surface area contributed by atoms with Gasteiger partial charge >= 0.3 is 6.03 Å². The van der Waals surface area contributed by atoms with Crippen molar-refractivity contribution in [2.24, 2.45) is 5.92 Å². The summed E-state index contributed by atoms with van der Waals surface area (Å²) in [6, 6.07) is 0.817. The summed E-state index contributed by atoms with van der Waals surface area (Å²) >= 11 is 0. The fourth-order valence-electron chi connectivity index (χ4n) is 4.78. The highest BCUT2D eigenvalue weighted by atomic mass is 32.2. The van der Waals surface area contributed by atoms with E-state index in [0.29, 0.717) is 18.6 Å². The SMILES string of the molecule is C[C@@H]1CCCC[C@]12NC(=O)N(CN1CCN(S(=O)(=O)c3ccc(F)c(F)c3F)CC1)C2=O. The lowest BCUT2D eigenvalue weighted by atomic mass is 9.73. The molecule has 12 heteroatoms. The first-order valence-electron chi connectivity index (χ1n) is 10.6. The number of hydrogen-bond acceptors (Lipinski definition) is 5. The molecule has 1 aromatic rings. The Morgan fingerprint density at radius 2 is 1.75 bits per heavy atom. The molecule has 0 aromatic heterocycles. The molecule has 1 aromatic carbocycles. The van der Waals surface area contributed by atoms with Gasteiger partial charge in [0.05, 0.1) is 6.67 Å². The molecule has 1 spiro atoms. The lowest BCUT2D eigenvalue weighted by molar-refractivity contribution is -0.135. The molecule has 3 aliphatic rings. The molecule has 0 bridgehead atoms. The zero-order valence-electron chi connectivity index (χ0n) is 17.6. The van der Waals surface area contributed by atoms with Gasteiger partial charge in [-0.1, -0.05) is 19.8 Å². The van der Waals surface area contributed by atoms with Crippen molar-refractivity contribution in [3.8, 4) is 0 Å². The van der Waals surface area contributed by atoms with E-state index in [2.05, 4.69) is 5.32 Å². The Labute approximate surface area is 184 Å². The molecule has 2 heterocycles. The van der Waals surface area contributed by atoms with Crippen LogP contribution in [0.1, 0.15) is 32.6 Å². The average Bonchev–Trinajstić information content (AvgIpc) is 2.99. The van der Waals surface area contributed by atoms with E-state index in [1.54, 1.807) is 4.90 Å². The predicted molar refractivity (Wildman–Crippen MR) is 107 cm³/mol. The molecule has 3 amide bonds. The summed E-state index contributed by atoms with van der Waals surface area (Å²) in [7, 11) is -4.37. The molecule has 1 saturated carbocycles. The summed E-state index contributed by atoms with van der Waals surface area (Å²) in [4.78, 5) is 27.6. The van der Waals surface area contributed by atoms with E-state index in [1.807, 2.05) is 6.92 Å². The minimum absolute atomic E-state index is 0.0204. The van der Waals surface area contributed by atoms with Crippen molar-refractivity contribution in [1.29, 1.82) is 0 Å². The fraction of sp³-hybridized carbons (Fsp3) is 0.600. The molecule has 176 valence electrons. The molecule has 2 saturated heterocycles. The molecule has 32 heavy (non-hydrogen) atoms. The van der Waals surface area contributed by atoms with Crippen LogP contribution in [0, 0.1) is 23.4 Å². The Balaban J connectivity index is 1.42. The topological polar surface area (TPSA) is 90.0 Å². The van der Waals surface area contributed by atoms with Crippen LogP contribution in [-0.4, -0.2) is 72.8 Å². The van der Waals surface area contributed by atoms with Crippen molar-refractivity contribution >= 4 is 22.0 Å². The van der Waals surface area contributed by atoms with Gasteiger partial charge in [0.15, 0.2) is 17.5 Å². The van der Waals surface area contributed by atoms with E-state index in [4.69, 9.17) is 0 Å². The van der Waals surface area contributed by atoms with Crippen molar-refractivity contribution < 1.29 is 31.2 Å². The van der Waals surface area contributed by atoms with Gasteiger partial charge in [-0.25, -0.2) is 31.3 Å².